The Labute approximate surface area is 184 Å². The summed E-state index contributed by atoms with van der Waals surface area (Å²) in [5, 5.41) is 0. The van der Waals surface area contributed by atoms with Crippen molar-refractivity contribution in [3.05, 3.63) is 78.9 Å². The summed E-state index contributed by atoms with van der Waals surface area (Å²) in [6, 6.07) is 26.1. The van der Waals surface area contributed by atoms with Gasteiger partial charge in [-0.1, -0.05) is 42.5 Å². The molecule has 0 radical (unpaired) electrons. The van der Waals surface area contributed by atoms with Crippen molar-refractivity contribution in [2.75, 3.05) is 25.2 Å². The van der Waals surface area contributed by atoms with Gasteiger partial charge in [0.25, 0.3) is 10.1 Å². The van der Waals surface area contributed by atoms with Crippen LogP contribution in [0.25, 0.3) is 11.1 Å². The van der Waals surface area contributed by atoms with Crippen molar-refractivity contribution in [2.24, 2.45) is 0 Å². The van der Waals surface area contributed by atoms with E-state index in [0.717, 1.165) is 49.7 Å². The molecule has 0 unspecified atom stereocenters. The second-order valence-electron chi connectivity index (χ2n) is 6.95. The van der Waals surface area contributed by atoms with Crippen LogP contribution in [-0.2, 0) is 10.1 Å². The average Bonchev–Trinajstić information content (AvgIpc) is 2.74. The van der Waals surface area contributed by atoms with Crippen LogP contribution >= 0.6 is 0 Å². The van der Waals surface area contributed by atoms with E-state index in [1.165, 1.54) is 11.1 Å². The standard InChI is InChI=1S/C23H25NO2.CH4O3S/c24-21-11-15-23(16-12-21)26-18-6-2-5-17-25-22-13-9-20(10-14-22)19-7-3-1-4-8-19;1-5(2,3)4/h1,3-4,7-16H,2,5-6,17-18,24H2;1H3,(H,2,3,4). The fourth-order valence-electron chi connectivity index (χ4n) is 2.70. The maximum Gasteiger partial charge on any atom is 0.261 e. The first-order valence-electron chi connectivity index (χ1n) is 10.0. The molecule has 166 valence electrons. The van der Waals surface area contributed by atoms with Gasteiger partial charge in [0.2, 0.25) is 0 Å². The summed E-state index contributed by atoms with van der Waals surface area (Å²) >= 11 is 0. The largest absolute Gasteiger partial charge is 0.494 e. The van der Waals surface area contributed by atoms with E-state index in [4.69, 9.17) is 19.8 Å². The molecule has 0 saturated heterocycles. The van der Waals surface area contributed by atoms with Crippen LogP contribution in [-0.4, -0.2) is 32.4 Å². The molecule has 3 N–H and O–H groups in total. The van der Waals surface area contributed by atoms with Gasteiger partial charge in [-0.15, -0.1) is 0 Å². The number of benzene rings is 3. The minimum Gasteiger partial charge on any atom is -0.494 e. The summed E-state index contributed by atoms with van der Waals surface area (Å²) in [7, 11) is -3.67. The molecule has 0 aromatic heterocycles. The fourth-order valence-corrected chi connectivity index (χ4v) is 2.70. The molecule has 0 aliphatic rings. The van der Waals surface area contributed by atoms with Gasteiger partial charge in [0, 0.05) is 5.69 Å². The lowest BCUT2D eigenvalue weighted by Gasteiger charge is -2.08. The Bertz CT molecular complexity index is 980. The molecule has 6 nitrogen and oxygen atoms in total. The Balaban J connectivity index is 0.000000614. The van der Waals surface area contributed by atoms with Gasteiger partial charge in [0.15, 0.2) is 0 Å². The Kier molecular flexibility index (Phi) is 9.87. The average molecular weight is 444 g/mol. The van der Waals surface area contributed by atoms with Crippen molar-refractivity contribution >= 4 is 15.8 Å². The van der Waals surface area contributed by atoms with Gasteiger partial charge in [-0.2, -0.15) is 8.42 Å². The Hall–Kier alpha value is -3.03. The molecule has 0 saturated carbocycles. The predicted octanol–water partition coefficient (Wildman–Crippen LogP) is 5.07. The zero-order valence-corrected chi connectivity index (χ0v) is 18.4. The summed E-state index contributed by atoms with van der Waals surface area (Å²) in [6.45, 7) is 1.45. The van der Waals surface area contributed by atoms with Gasteiger partial charge in [-0.05, 0) is 66.8 Å². The summed E-state index contributed by atoms with van der Waals surface area (Å²) in [5.41, 5.74) is 8.84. The van der Waals surface area contributed by atoms with Crippen molar-refractivity contribution in [3.8, 4) is 22.6 Å². The van der Waals surface area contributed by atoms with Gasteiger partial charge >= 0.3 is 0 Å². The maximum absolute atomic E-state index is 9.19. The molecule has 0 aliphatic carbocycles. The van der Waals surface area contributed by atoms with Gasteiger partial charge in [0.1, 0.15) is 11.5 Å². The first kappa shape index (κ1) is 24.2. The van der Waals surface area contributed by atoms with E-state index in [2.05, 4.69) is 36.4 Å². The van der Waals surface area contributed by atoms with Crippen molar-refractivity contribution < 1.29 is 22.4 Å². The molecule has 3 rings (SSSR count). The Morgan fingerprint density at radius 1 is 0.710 bits per heavy atom. The van der Waals surface area contributed by atoms with Crippen molar-refractivity contribution in [2.45, 2.75) is 19.3 Å². The zero-order valence-electron chi connectivity index (χ0n) is 17.6. The fraction of sp³-hybridized carbons (Fsp3) is 0.250. The summed E-state index contributed by atoms with van der Waals surface area (Å²) in [6.07, 6.45) is 3.83. The van der Waals surface area contributed by atoms with Crippen LogP contribution in [0.1, 0.15) is 19.3 Å². The molecular weight excluding hydrogens is 414 g/mol. The van der Waals surface area contributed by atoms with Crippen LogP contribution in [0.15, 0.2) is 78.9 Å². The van der Waals surface area contributed by atoms with Crippen LogP contribution in [0.2, 0.25) is 0 Å². The first-order chi connectivity index (χ1) is 14.8. The van der Waals surface area contributed by atoms with E-state index in [9.17, 15) is 8.42 Å². The molecule has 0 spiro atoms. The normalized spacial score (nSPS) is 10.6. The first-order valence-corrected chi connectivity index (χ1v) is 11.9. The minimum absolute atomic E-state index is 0.715. The lowest BCUT2D eigenvalue weighted by Crippen LogP contribution is -2.01. The number of nitrogens with two attached hydrogens (primary N) is 1. The lowest BCUT2D eigenvalue weighted by molar-refractivity contribution is 0.279. The van der Waals surface area contributed by atoms with Gasteiger partial charge in [-0.3, -0.25) is 4.55 Å². The molecule has 3 aromatic rings. The molecule has 0 atom stereocenters. The highest BCUT2D eigenvalue weighted by atomic mass is 32.2. The Morgan fingerprint density at radius 3 is 1.61 bits per heavy atom. The van der Waals surface area contributed by atoms with Gasteiger partial charge in [-0.25, -0.2) is 0 Å². The second-order valence-corrected chi connectivity index (χ2v) is 8.42. The molecule has 0 amide bonds. The SMILES string of the molecule is CS(=O)(=O)O.Nc1ccc(OCCCCCOc2ccc(-c3ccccc3)cc2)cc1. The van der Waals surface area contributed by atoms with Gasteiger partial charge in [0.05, 0.1) is 19.5 Å². The number of rotatable bonds is 9. The number of hydrogen-bond acceptors (Lipinski definition) is 5. The van der Waals surface area contributed by atoms with Crippen LogP contribution in [0.3, 0.4) is 0 Å². The van der Waals surface area contributed by atoms with E-state index in [1.54, 1.807) is 0 Å². The smallest absolute Gasteiger partial charge is 0.261 e. The van der Waals surface area contributed by atoms with E-state index in [1.807, 2.05) is 42.5 Å². The van der Waals surface area contributed by atoms with Crippen LogP contribution in [0.5, 0.6) is 11.5 Å². The van der Waals surface area contributed by atoms with E-state index in [0.29, 0.717) is 6.26 Å². The number of anilines is 1. The molecule has 0 fully saturated rings. The molecule has 0 heterocycles. The third-order valence-corrected chi connectivity index (χ3v) is 4.17. The molecular formula is C24H29NO5S. The molecule has 3 aromatic carbocycles. The lowest BCUT2D eigenvalue weighted by atomic mass is 10.1. The van der Waals surface area contributed by atoms with Crippen molar-refractivity contribution in [3.63, 3.8) is 0 Å². The summed E-state index contributed by atoms with van der Waals surface area (Å²) in [4.78, 5) is 0. The number of ether oxygens (including phenoxy) is 2. The van der Waals surface area contributed by atoms with Crippen molar-refractivity contribution in [1.29, 1.82) is 0 Å². The Morgan fingerprint density at radius 2 is 1.13 bits per heavy atom. The van der Waals surface area contributed by atoms with E-state index >= 15 is 0 Å². The third kappa shape index (κ3) is 11.1. The quantitative estimate of drug-likeness (QED) is 0.272. The van der Waals surface area contributed by atoms with Crippen molar-refractivity contribution in [1.82, 2.24) is 0 Å². The topological polar surface area (TPSA) is 98.9 Å². The highest BCUT2D eigenvalue weighted by molar-refractivity contribution is 7.85. The number of nitrogen functional groups attached to an aromatic ring is 1. The highest BCUT2D eigenvalue weighted by Crippen LogP contribution is 2.22. The summed E-state index contributed by atoms with van der Waals surface area (Å²) < 4.78 is 37.4. The van der Waals surface area contributed by atoms with E-state index < -0.39 is 10.1 Å². The van der Waals surface area contributed by atoms with Crippen LogP contribution < -0.4 is 15.2 Å². The third-order valence-electron chi connectivity index (χ3n) is 4.17. The summed E-state index contributed by atoms with van der Waals surface area (Å²) in [5.74, 6) is 1.79. The molecule has 0 aliphatic heterocycles. The monoisotopic (exact) mass is 443 g/mol. The van der Waals surface area contributed by atoms with Crippen LogP contribution in [0, 0.1) is 0 Å². The van der Waals surface area contributed by atoms with Gasteiger partial charge < -0.3 is 15.2 Å². The number of hydrogen-bond donors (Lipinski definition) is 2. The molecule has 7 heteroatoms. The zero-order chi connectivity index (χ0) is 22.5. The highest BCUT2D eigenvalue weighted by Gasteiger charge is 1.99. The molecule has 31 heavy (non-hydrogen) atoms. The van der Waals surface area contributed by atoms with E-state index in [-0.39, 0.29) is 0 Å². The predicted molar refractivity (Wildman–Crippen MR) is 125 cm³/mol. The minimum atomic E-state index is -3.67. The number of unbranched alkanes of at least 4 members (excludes halogenated alkanes) is 2. The molecule has 0 bridgehead atoms. The van der Waals surface area contributed by atoms with Crippen LogP contribution in [0.4, 0.5) is 5.69 Å². The second kappa shape index (κ2) is 12.6. The maximum atomic E-state index is 9.19.